The summed E-state index contributed by atoms with van der Waals surface area (Å²) in [7, 11) is 0. The van der Waals surface area contributed by atoms with E-state index in [2.05, 4.69) is 25.7 Å². The summed E-state index contributed by atoms with van der Waals surface area (Å²) in [5, 5.41) is 10.7. The number of carboxylic acids is 1. The van der Waals surface area contributed by atoms with E-state index < -0.39 is 5.97 Å². The molecule has 0 radical (unpaired) electrons. The van der Waals surface area contributed by atoms with Gasteiger partial charge in [0, 0.05) is 12.5 Å². The van der Waals surface area contributed by atoms with Gasteiger partial charge in [-0.1, -0.05) is 20.8 Å². The molecule has 0 saturated heterocycles. The Kier molecular flexibility index (Phi) is 6.15. The lowest BCUT2D eigenvalue weighted by Gasteiger charge is -2.22. The summed E-state index contributed by atoms with van der Waals surface area (Å²) in [4.78, 5) is 13.5. The zero-order chi connectivity index (χ0) is 13.5. The molecule has 1 aromatic rings. The highest BCUT2D eigenvalue weighted by molar-refractivity contribution is 7.12. The minimum absolute atomic E-state index is 0.282. The lowest BCUT2D eigenvalue weighted by Crippen LogP contribution is -2.30. The number of ether oxygens (including phenoxy) is 1. The van der Waals surface area contributed by atoms with Crippen molar-refractivity contribution in [2.45, 2.75) is 20.8 Å². The molecule has 0 aliphatic carbocycles. The van der Waals surface area contributed by atoms with Crippen LogP contribution in [0.25, 0.3) is 0 Å². The Balaban J connectivity index is 2.44. The average molecular weight is 271 g/mol. The van der Waals surface area contributed by atoms with Gasteiger partial charge in [-0.2, -0.15) is 0 Å². The Bertz CT molecular complexity index is 374. The van der Waals surface area contributed by atoms with Crippen LogP contribution in [0.3, 0.4) is 0 Å². The number of thiophene rings is 1. The molecule has 0 spiro atoms. The van der Waals surface area contributed by atoms with E-state index in [9.17, 15) is 4.79 Å². The molecule has 0 amide bonds. The van der Waals surface area contributed by atoms with Crippen LogP contribution < -0.4 is 4.74 Å². The largest absolute Gasteiger partial charge is 0.491 e. The predicted molar refractivity (Wildman–Crippen MR) is 73.7 cm³/mol. The van der Waals surface area contributed by atoms with Crippen LogP contribution in [0.15, 0.2) is 11.4 Å². The van der Waals surface area contributed by atoms with Crippen molar-refractivity contribution in [2.24, 2.45) is 5.92 Å². The quantitative estimate of drug-likeness (QED) is 0.790. The zero-order valence-electron chi connectivity index (χ0n) is 11.2. The fourth-order valence-corrected chi connectivity index (χ4v) is 2.45. The summed E-state index contributed by atoms with van der Waals surface area (Å²) in [6, 6.07) is 1.72. The second kappa shape index (κ2) is 7.38. The minimum Gasteiger partial charge on any atom is -0.491 e. The van der Waals surface area contributed by atoms with Gasteiger partial charge in [0.15, 0.2) is 4.88 Å². The summed E-state index contributed by atoms with van der Waals surface area (Å²) in [6.07, 6.45) is 0. The summed E-state index contributed by atoms with van der Waals surface area (Å²) in [5.41, 5.74) is 0. The topological polar surface area (TPSA) is 49.8 Å². The first-order valence-corrected chi connectivity index (χ1v) is 7.12. The molecule has 1 rings (SSSR count). The second-order valence-corrected chi connectivity index (χ2v) is 5.24. The SMILES string of the molecule is CCN(CC)CC(C)COc1ccsc1C(=O)O. The first-order chi connectivity index (χ1) is 8.58. The Hall–Kier alpha value is -1.07. The fourth-order valence-electron chi connectivity index (χ4n) is 1.77. The van der Waals surface area contributed by atoms with Gasteiger partial charge in [0.25, 0.3) is 0 Å². The molecule has 0 saturated carbocycles. The molecule has 1 heterocycles. The monoisotopic (exact) mass is 271 g/mol. The smallest absolute Gasteiger partial charge is 0.349 e. The zero-order valence-corrected chi connectivity index (χ0v) is 12.0. The van der Waals surface area contributed by atoms with E-state index in [1.54, 1.807) is 11.4 Å². The van der Waals surface area contributed by atoms with E-state index in [1.165, 1.54) is 11.3 Å². The van der Waals surface area contributed by atoms with Gasteiger partial charge in [-0.15, -0.1) is 11.3 Å². The van der Waals surface area contributed by atoms with Crippen LogP contribution in [0.4, 0.5) is 0 Å². The van der Waals surface area contributed by atoms with Crippen LogP contribution in [0, 0.1) is 5.92 Å². The molecule has 0 aromatic carbocycles. The van der Waals surface area contributed by atoms with Crippen molar-refractivity contribution in [1.82, 2.24) is 4.90 Å². The Morgan fingerprint density at radius 1 is 1.50 bits per heavy atom. The van der Waals surface area contributed by atoms with Crippen LogP contribution in [0.2, 0.25) is 0 Å². The molecule has 1 atom stereocenters. The molecule has 18 heavy (non-hydrogen) atoms. The molecule has 0 aliphatic heterocycles. The molecule has 1 aromatic heterocycles. The van der Waals surface area contributed by atoms with Crippen LogP contribution in [-0.2, 0) is 0 Å². The minimum atomic E-state index is -0.920. The van der Waals surface area contributed by atoms with Crippen molar-refractivity contribution in [1.29, 1.82) is 0 Å². The van der Waals surface area contributed by atoms with Crippen molar-refractivity contribution < 1.29 is 14.6 Å². The van der Waals surface area contributed by atoms with E-state index >= 15 is 0 Å². The van der Waals surface area contributed by atoms with E-state index in [0.29, 0.717) is 18.3 Å². The standard InChI is InChI=1S/C13H21NO3S/c1-4-14(5-2)8-10(3)9-17-11-6-7-18-12(11)13(15)16/h6-7,10H,4-5,8-9H2,1-3H3,(H,15,16). The molecule has 5 heteroatoms. The van der Waals surface area contributed by atoms with Gasteiger partial charge in [-0.3, -0.25) is 0 Å². The lowest BCUT2D eigenvalue weighted by atomic mass is 10.2. The third-order valence-electron chi connectivity index (χ3n) is 2.81. The highest BCUT2D eigenvalue weighted by Crippen LogP contribution is 2.25. The number of nitrogens with zero attached hydrogens (tertiary/aromatic N) is 1. The highest BCUT2D eigenvalue weighted by atomic mass is 32.1. The van der Waals surface area contributed by atoms with Crippen molar-refractivity contribution in [3.8, 4) is 5.75 Å². The molecular weight excluding hydrogens is 250 g/mol. The van der Waals surface area contributed by atoms with E-state index in [0.717, 1.165) is 19.6 Å². The average Bonchev–Trinajstić information content (AvgIpc) is 2.81. The van der Waals surface area contributed by atoms with Crippen molar-refractivity contribution in [3.05, 3.63) is 16.3 Å². The van der Waals surface area contributed by atoms with Crippen LogP contribution in [-0.4, -0.2) is 42.2 Å². The Morgan fingerprint density at radius 2 is 2.17 bits per heavy atom. The summed E-state index contributed by atoms with van der Waals surface area (Å²) >= 11 is 1.20. The van der Waals surface area contributed by atoms with Gasteiger partial charge in [-0.05, 0) is 24.5 Å². The van der Waals surface area contributed by atoms with Gasteiger partial charge in [0.1, 0.15) is 5.75 Å². The first kappa shape index (κ1) is 15.0. The van der Waals surface area contributed by atoms with Crippen LogP contribution >= 0.6 is 11.3 Å². The Labute approximate surface area is 112 Å². The van der Waals surface area contributed by atoms with Crippen molar-refractivity contribution >= 4 is 17.3 Å². The third-order valence-corrected chi connectivity index (χ3v) is 3.69. The van der Waals surface area contributed by atoms with Crippen LogP contribution in [0.1, 0.15) is 30.4 Å². The molecule has 1 N–H and O–H groups in total. The molecule has 0 aliphatic rings. The molecule has 0 bridgehead atoms. The fraction of sp³-hybridized carbons (Fsp3) is 0.615. The number of hydrogen-bond acceptors (Lipinski definition) is 4. The van der Waals surface area contributed by atoms with Gasteiger partial charge in [0.05, 0.1) is 6.61 Å². The number of carboxylic acid groups (broad SMARTS) is 1. The molecule has 102 valence electrons. The molecule has 4 nitrogen and oxygen atoms in total. The summed E-state index contributed by atoms with van der Waals surface area (Å²) in [5.74, 6) is -0.0539. The maximum absolute atomic E-state index is 10.9. The van der Waals surface area contributed by atoms with Crippen molar-refractivity contribution in [3.63, 3.8) is 0 Å². The normalized spacial score (nSPS) is 12.7. The molecule has 1 unspecified atom stereocenters. The lowest BCUT2D eigenvalue weighted by molar-refractivity contribution is 0.0697. The summed E-state index contributed by atoms with van der Waals surface area (Å²) in [6.45, 7) is 9.97. The van der Waals surface area contributed by atoms with Crippen molar-refractivity contribution in [2.75, 3.05) is 26.2 Å². The number of aromatic carboxylic acids is 1. The number of carbonyl (C=O) groups is 1. The first-order valence-electron chi connectivity index (χ1n) is 6.24. The van der Waals surface area contributed by atoms with Gasteiger partial charge >= 0.3 is 5.97 Å². The second-order valence-electron chi connectivity index (χ2n) is 4.32. The van der Waals surface area contributed by atoms with E-state index in [-0.39, 0.29) is 4.88 Å². The van der Waals surface area contributed by atoms with Gasteiger partial charge in [0.2, 0.25) is 0 Å². The van der Waals surface area contributed by atoms with Crippen LogP contribution in [0.5, 0.6) is 5.75 Å². The maximum atomic E-state index is 10.9. The summed E-state index contributed by atoms with van der Waals surface area (Å²) < 4.78 is 5.59. The predicted octanol–water partition coefficient (Wildman–Crippen LogP) is 2.80. The number of rotatable bonds is 8. The van der Waals surface area contributed by atoms with E-state index in [4.69, 9.17) is 9.84 Å². The van der Waals surface area contributed by atoms with Gasteiger partial charge < -0.3 is 14.7 Å². The number of hydrogen-bond donors (Lipinski definition) is 1. The molecular formula is C13H21NO3S. The van der Waals surface area contributed by atoms with E-state index in [1.807, 2.05) is 0 Å². The third kappa shape index (κ3) is 4.31. The molecule has 0 fully saturated rings. The van der Waals surface area contributed by atoms with Gasteiger partial charge in [-0.25, -0.2) is 4.79 Å². The highest BCUT2D eigenvalue weighted by Gasteiger charge is 2.14. The Morgan fingerprint density at radius 3 is 2.72 bits per heavy atom. The maximum Gasteiger partial charge on any atom is 0.349 e.